The number of benzene rings is 2. The van der Waals surface area contributed by atoms with E-state index in [1.165, 1.54) is 132 Å². The Morgan fingerprint density at radius 3 is 1.34 bits per heavy atom. The number of fused-ring (bicyclic) bond motifs is 2. The van der Waals surface area contributed by atoms with Gasteiger partial charge in [-0.2, -0.15) is 0 Å². The van der Waals surface area contributed by atoms with E-state index in [1.807, 2.05) is 87.5 Å². The molecule has 2 aromatic rings. The second-order valence-corrected chi connectivity index (χ2v) is 41.2. The number of allylic oxidation sites excluding steroid dienone is 14. The molecule has 0 aliphatic heterocycles. The van der Waals surface area contributed by atoms with Gasteiger partial charge in [0.05, 0.1) is 23.4 Å². The van der Waals surface area contributed by atoms with Gasteiger partial charge >= 0.3 is 0 Å². The number of hydrogen-bond acceptors (Lipinski definition) is 5. The Kier molecular flexibility index (Phi) is 31.0. The SMILES string of the molecule is C.CC=C1[C@H](C)CC(=C/C=C2\CCC[C@@]3(C)C2CCC3[C@H](C)CCCC(C)(C)O[Si](CC)(CC)CC)C[C@H]1C.CC=C1[C@H](C)CC(=CCP(=O)(c2ccccc2)c2ccccc2)C[C@H]1C.CC=C1[C@H](O)CC(=C/C=C2\CCC[C@@]3(C)C2CCC3[C@H](C)CCCC(C)(C)O)C[C@H]1O. The molecule has 4 unspecified atom stereocenters. The van der Waals surface area contributed by atoms with Crippen LogP contribution in [0.15, 0.2) is 154 Å². The molecular formula is C89H143O5PSi. The van der Waals surface area contributed by atoms with Crippen LogP contribution in [0.4, 0.5) is 0 Å². The van der Waals surface area contributed by atoms with Crippen molar-refractivity contribution >= 4 is 26.1 Å². The largest absolute Gasteiger partial charge is 0.412 e. The molecule has 7 saturated carbocycles. The Labute approximate surface area is 591 Å². The zero-order chi connectivity index (χ0) is 69.5. The predicted molar refractivity (Wildman–Crippen MR) is 420 cm³/mol. The van der Waals surface area contributed by atoms with Crippen LogP contribution in [0.3, 0.4) is 0 Å². The topological polar surface area (TPSA) is 87.0 Å². The molecule has 0 saturated heterocycles. The maximum atomic E-state index is 14.1. The smallest absolute Gasteiger partial charge is 0.192 e. The third-order valence-electron chi connectivity index (χ3n) is 26.0. The van der Waals surface area contributed by atoms with Gasteiger partial charge in [0.15, 0.2) is 8.32 Å². The molecule has 7 aliphatic carbocycles. The van der Waals surface area contributed by atoms with Gasteiger partial charge in [-0.15, -0.1) is 0 Å². The normalized spacial score (nSPS) is 30.2. The molecule has 3 N–H and O–H groups in total. The zero-order valence-electron chi connectivity index (χ0n) is 63.8. The fourth-order valence-electron chi connectivity index (χ4n) is 20.7. The van der Waals surface area contributed by atoms with Crippen LogP contribution < -0.4 is 10.6 Å². The highest BCUT2D eigenvalue weighted by Crippen LogP contribution is 2.62. The average Bonchev–Trinajstić information content (AvgIpc) is 1.60. The number of rotatable bonds is 21. The van der Waals surface area contributed by atoms with Crippen LogP contribution in [0.2, 0.25) is 18.1 Å². The van der Waals surface area contributed by atoms with Crippen molar-refractivity contribution in [1.82, 2.24) is 0 Å². The van der Waals surface area contributed by atoms with E-state index in [2.05, 4.69) is 146 Å². The summed E-state index contributed by atoms with van der Waals surface area (Å²) in [5, 5.41) is 32.7. The van der Waals surface area contributed by atoms with Gasteiger partial charge in [-0.1, -0.05) is 258 Å². The first kappa shape index (κ1) is 81.6. The Morgan fingerprint density at radius 1 is 0.573 bits per heavy atom. The van der Waals surface area contributed by atoms with Crippen molar-refractivity contribution < 1.29 is 24.3 Å². The van der Waals surface area contributed by atoms with Crippen LogP contribution >= 0.6 is 7.14 Å². The number of aliphatic hydroxyl groups is 3. The van der Waals surface area contributed by atoms with Gasteiger partial charge in [0.2, 0.25) is 0 Å². The standard InChI is InChI=1S/C36H64OSi.C28H46O3.C24H29OP.CH4/c1-11-32-28(6)25-30(26-29(32)7)19-20-31-18-16-24-36(10)33(21-22-34(31)36)27(5)17-15-23-35(8,9)37-38(12-2,13-3)14-4;1-6-22-25(29)17-20(18-26(22)30)11-12-21-10-8-16-28(5)23(13-14-24(21)28)19(2)9-7-15-27(3,4)31;1-4-24-19(2)17-21(18-20(24)3)15-16-26(25,22-11-7-5-8-12-22)23-13-9-6-10-14-23;/h11,19-20,27-29,33-34H,12-18,21-26H2,1-10H3;6,11-12,19,23-26,29-31H,7-10,13-18H2,1-5H3;4-15,19-20H,16-18H2,1-3H3;1H4/b30-19?,31-20+,32-11?;20-11?,21-12+,22-6?;;/t27-,28-,29-,33?,34?,36-;19-,23?,24?,25-,26-,28-;19-,20-;/m111./s1. The second kappa shape index (κ2) is 36.5. The molecular weight excluding hydrogens is 1210 g/mol. The summed E-state index contributed by atoms with van der Waals surface area (Å²) in [5.74, 6) is 7.26. The van der Waals surface area contributed by atoms with E-state index >= 15 is 0 Å². The van der Waals surface area contributed by atoms with E-state index in [4.69, 9.17) is 4.43 Å². The van der Waals surface area contributed by atoms with Gasteiger partial charge in [-0.3, -0.25) is 0 Å². The van der Waals surface area contributed by atoms with Crippen molar-refractivity contribution in [2.45, 2.75) is 315 Å². The molecule has 7 fully saturated rings. The summed E-state index contributed by atoms with van der Waals surface area (Å²) in [4.78, 5) is 0. The lowest BCUT2D eigenvalue weighted by Crippen LogP contribution is -2.44. The molecule has 2 aromatic carbocycles. The molecule has 0 amide bonds. The molecule has 0 radical (unpaired) electrons. The molecule has 0 aromatic heterocycles. The lowest BCUT2D eigenvalue weighted by Gasteiger charge is -2.44. The summed E-state index contributed by atoms with van der Waals surface area (Å²) in [6.45, 7) is 41.6. The Hall–Kier alpha value is -3.35. The fourth-order valence-corrected chi connectivity index (χ4v) is 26.5. The van der Waals surface area contributed by atoms with Crippen LogP contribution in [0.5, 0.6) is 0 Å². The first-order valence-corrected chi connectivity index (χ1v) is 43.4. The molecule has 9 rings (SSSR count). The quantitative estimate of drug-likeness (QED) is 0.0659. The lowest BCUT2D eigenvalue weighted by atomic mass is 9.60. The summed E-state index contributed by atoms with van der Waals surface area (Å²) in [5.41, 5.74) is 12.1. The highest BCUT2D eigenvalue weighted by Gasteiger charge is 2.52. The van der Waals surface area contributed by atoms with E-state index in [1.54, 1.807) is 27.9 Å². The minimum Gasteiger partial charge on any atom is -0.412 e. The second-order valence-electron chi connectivity index (χ2n) is 33.7. The maximum Gasteiger partial charge on any atom is 0.192 e. The highest BCUT2D eigenvalue weighted by molar-refractivity contribution is 7.78. The first-order valence-electron chi connectivity index (χ1n) is 39.0. The third-order valence-corrected chi connectivity index (χ3v) is 33.9. The van der Waals surface area contributed by atoms with Crippen LogP contribution in [0, 0.1) is 70.0 Å². The monoisotopic (exact) mass is 1350 g/mol. The maximum absolute atomic E-state index is 14.1. The predicted octanol–water partition coefficient (Wildman–Crippen LogP) is 24.3. The summed E-state index contributed by atoms with van der Waals surface area (Å²) < 4.78 is 21.0. The number of aliphatic hydroxyl groups excluding tert-OH is 2. The first-order chi connectivity index (χ1) is 45.0. The summed E-state index contributed by atoms with van der Waals surface area (Å²) in [6.07, 6.45) is 44.5. The highest BCUT2D eigenvalue weighted by atomic mass is 31.2. The lowest BCUT2D eigenvalue weighted by molar-refractivity contribution is 0.0596. The fraction of sp³-hybridized carbons (Fsp3) is 0.685. The van der Waals surface area contributed by atoms with Crippen molar-refractivity contribution in [3.8, 4) is 0 Å². The van der Waals surface area contributed by atoms with Crippen LogP contribution in [0.1, 0.15) is 273 Å². The van der Waals surface area contributed by atoms with Crippen molar-refractivity contribution in [3.05, 3.63) is 154 Å². The molecule has 7 heteroatoms. The Morgan fingerprint density at radius 2 is 0.958 bits per heavy atom. The summed E-state index contributed by atoms with van der Waals surface area (Å²) >= 11 is 0. The molecule has 538 valence electrons. The van der Waals surface area contributed by atoms with E-state index < -0.39 is 33.3 Å². The van der Waals surface area contributed by atoms with Crippen molar-refractivity contribution in [2.24, 2.45) is 70.0 Å². The molecule has 0 bridgehead atoms. The van der Waals surface area contributed by atoms with Crippen molar-refractivity contribution in [3.63, 3.8) is 0 Å². The van der Waals surface area contributed by atoms with E-state index in [9.17, 15) is 19.9 Å². The van der Waals surface area contributed by atoms with Crippen molar-refractivity contribution in [2.75, 3.05) is 6.16 Å². The molecule has 0 spiro atoms. The minimum absolute atomic E-state index is 0. The minimum atomic E-state index is -2.64. The molecule has 7 aliphatic rings. The van der Waals surface area contributed by atoms with Gasteiger partial charge < -0.3 is 24.3 Å². The molecule has 5 nitrogen and oxygen atoms in total. The number of hydrogen-bond donors (Lipinski definition) is 3. The van der Waals surface area contributed by atoms with Gasteiger partial charge in [-0.25, -0.2) is 0 Å². The zero-order valence-corrected chi connectivity index (χ0v) is 65.7. The van der Waals surface area contributed by atoms with Crippen LogP contribution in [0.25, 0.3) is 0 Å². The van der Waals surface area contributed by atoms with E-state index in [-0.39, 0.29) is 13.0 Å². The summed E-state index contributed by atoms with van der Waals surface area (Å²) in [7, 11) is -4.19. The van der Waals surface area contributed by atoms with Gasteiger partial charge in [0.25, 0.3) is 0 Å². The van der Waals surface area contributed by atoms with Gasteiger partial charge in [0.1, 0.15) is 7.14 Å². The van der Waals surface area contributed by atoms with E-state index in [0.29, 0.717) is 65.3 Å². The van der Waals surface area contributed by atoms with Crippen molar-refractivity contribution in [1.29, 1.82) is 0 Å². The molecule has 0 heterocycles. The summed E-state index contributed by atoms with van der Waals surface area (Å²) in [6, 6.07) is 23.7. The average molecular weight is 1350 g/mol. The van der Waals surface area contributed by atoms with Crippen LogP contribution in [-0.4, -0.2) is 53.2 Å². The van der Waals surface area contributed by atoms with E-state index in [0.717, 1.165) is 65.5 Å². The van der Waals surface area contributed by atoms with Crippen LogP contribution in [-0.2, 0) is 8.99 Å². The van der Waals surface area contributed by atoms with Gasteiger partial charge in [0, 0.05) is 16.8 Å². The Balaban J connectivity index is 0.000000230. The molecule has 96 heavy (non-hydrogen) atoms. The molecule has 14 atom stereocenters. The Bertz CT molecular complexity index is 2950. The third kappa shape index (κ3) is 20.7. The van der Waals surface area contributed by atoms with Gasteiger partial charge in [-0.05, 0) is 258 Å².